The Morgan fingerprint density at radius 1 is 1.21 bits per heavy atom. The minimum Gasteiger partial charge on any atom is -0.481 e. The minimum atomic E-state index is -0.898. The number of carbonyl (C=O) groups excluding carboxylic acids is 2. The van der Waals surface area contributed by atoms with Crippen molar-refractivity contribution in [3.8, 4) is 0 Å². The lowest BCUT2D eigenvalue weighted by Gasteiger charge is -2.22. The summed E-state index contributed by atoms with van der Waals surface area (Å²) in [5.41, 5.74) is 1.42. The molecule has 0 spiro atoms. The molecule has 148 valence electrons. The van der Waals surface area contributed by atoms with Gasteiger partial charge in [0.2, 0.25) is 5.91 Å². The van der Waals surface area contributed by atoms with Gasteiger partial charge in [0.05, 0.1) is 23.1 Å². The van der Waals surface area contributed by atoms with Gasteiger partial charge in [-0.1, -0.05) is 31.9 Å². The van der Waals surface area contributed by atoms with Crippen LogP contribution in [0.4, 0.5) is 0 Å². The number of hydrogen-bond donors (Lipinski definition) is 3. The van der Waals surface area contributed by atoms with E-state index in [1.165, 1.54) is 6.20 Å². The van der Waals surface area contributed by atoms with E-state index in [0.29, 0.717) is 36.7 Å². The van der Waals surface area contributed by atoms with E-state index >= 15 is 0 Å². The Bertz CT molecular complexity index is 885. The van der Waals surface area contributed by atoms with Gasteiger partial charge in [0.25, 0.3) is 5.91 Å². The molecule has 3 rings (SSSR count). The first-order chi connectivity index (χ1) is 13.5. The Morgan fingerprint density at radius 2 is 1.96 bits per heavy atom. The quantitative estimate of drug-likeness (QED) is 0.670. The molecule has 8 heteroatoms. The number of carbonyl (C=O) groups is 3. The lowest BCUT2D eigenvalue weighted by Crippen LogP contribution is -2.51. The van der Waals surface area contributed by atoms with Gasteiger partial charge >= 0.3 is 5.97 Å². The molecule has 1 saturated carbocycles. The number of para-hydroxylation sites is 2. The standard InChI is InChI=1S/C20H24N4O4/c1-2-6-16(18(25)23-13-10-5-7-12(13)20(27)28)24-19(26)17-11-21-14-8-3-4-9-15(14)22-17/h3-4,8-9,11-13,16H,2,5-7,10H2,1H3,(H,23,25)(H,24,26)(H,27,28)/t12-,13+,16+/m1/s1. The average molecular weight is 384 g/mol. The Kier molecular flexibility index (Phi) is 6.18. The first-order valence-electron chi connectivity index (χ1n) is 9.55. The van der Waals surface area contributed by atoms with E-state index in [-0.39, 0.29) is 11.6 Å². The van der Waals surface area contributed by atoms with Crippen LogP contribution in [0.2, 0.25) is 0 Å². The predicted molar refractivity (Wildman–Crippen MR) is 103 cm³/mol. The monoisotopic (exact) mass is 384 g/mol. The molecule has 1 aromatic carbocycles. The van der Waals surface area contributed by atoms with Crippen LogP contribution in [0.5, 0.6) is 0 Å². The van der Waals surface area contributed by atoms with E-state index < -0.39 is 29.9 Å². The van der Waals surface area contributed by atoms with Crippen molar-refractivity contribution in [1.29, 1.82) is 0 Å². The van der Waals surface area contributed by atoms with Gasteiger partial charge in [-0.15, -0.1) is 0 Å². The number of carboxylic acids is 1. The molecule has 0 radical (unpaired) electrons. The number of amides is 2. The maximum absolute atomic E-state index is 12.7. The second kappa shape index (κ2) is 8.77. The van der Waals surface area contributed by atoms with Crippen molar-refractivity contribution in [2.45, 2.75) is 51.1 Å². The van der Waals surface area contributed by atoms with Crippen LogP contribution in [0, 0.1) is 5.92 Å². The predicted octanol–water partition coefficient (Wildman–Crippen LogP) is 1.90. The molecule has 1 aromatic heterocycles. The largest absolute Gasteiger partial charge is 0.481 e. The van der Waals surface area contributed by atoms with Crippen molar-refractivity contribution in [3.05, 3.63) is 36.2 Å². The van der Waals surface area contributed by atoms with E-state index in [1.54, 1.807) is 12.1 Å². The van der Waals surface area contributed by atoms with E-state index in [2.05, 4.69) is 20.6 Å². The van der Waals surface area contributed by atoms with Gasteiger partial charge in [0.1, 0.15) is 11.7 Å². The van der Waals surface area contributed by atoms with Crippen LogP contribution in [0.1, 0.15) is 49.5 Å². The molecule has 1 aliphatic rings. The second-order valence-corrected chi connectivity index (χ2v) is 7.05. The van der Waals surface area contributed by atoms with E-state index in [4.69, 9.17) is 0 Å². The maximum Gasteiger partial charge on any atom is 0.308 e. The summed E-state index contributed by atoms with van der Waals surface area (Å²) in [4.78, 5) is 45.1. The fourth-order valence-electron chi connectivity index (χ4n) is 3.57. The zero-order chi connectivity index (χ0) is 20.1. The molecular formula is C20H24N4O4. The smallest absolute Gasteiger partial charge is 0.308 e. The van der Waals surface area contributed by atoms with Crippen molar-refractivity contribution in [1.82, 2.24) is 20.6 Å². The van der Waals surface area contributed by atoms with Gasteiger partial charge in [-0.05, 0) is 31.4 Å². The Labute approximate surface area is 162 Å². The zero-order valence-electron chi connectivity index (χ0n) is 15.7. The van der Waals surface area contributed by atoms with Crippen molar-refractivity contribution in [2.24, 2.45) is 5.92 Å². The first-order valence-corrected chi connectivity index (χ1v) is 9.55. The number of fused-ring (bicyclic) bond motifs is 1. The van der Waals surface area contributed by atoms with Crippen LogP contribution < -0.4 is 10.6 Å². The topological polar surface area (TPSA) is 121 Å². The molecule has 0 saturated heterocycles. The number of hydrogen-bond acceptors (Lipinski definition) is 5. The highest BCUT2D eigenvalue weighted by Gasteiger charge is 2.35. The maximum atomic E-state index is 12.7. The van der Waals surface area contributed by atoms with Crippen LogP contribution in [0.25, 0.3) is 11.0 Å². The lowest BCUT2D eigenvalue weighted by molar-refractivity contribution is -0.142. The normalized spacial score (nSPS) is 19.9. The molecule has 1 fully saturated rings. The summed E-state index contributed by atoms with van der Waals surface area (Å²) >= 11 is 0. The summed E-state index contributed by atoms with van der Waals surface area (Å²) in [5.74, 6) is -2.31. The lowest BCUT2D eigenvalue weighted by atomic mass is 10.0. The number of carboxylic acid groups (broad SMARTS) is 1. The molecule has 0 aliphatic heterocycles. The van der Waals surface area contributed by atoms with Crippen LogP contribution in [0.3, 0.4) is 0 Å². The number of aliphatic carboxylic acids is 1. The van der Waals surface area contributed by atoms with E-state index in [9.17, 15) is 19.5 Å². The van der Waals surface area contributed by atoms with Crippen molar-refractivity contribution in [3.63, 3.8) is 0 Å². The fourth-order valence-corrected chi connectivity index (χ4v) is 3.57. The highest BCUT2D eigenvalue weighted by Crippen LogP contribution is 2.26. The third-order valence-electron chi connectivity index (χ3n) is 5.04. The molecular weight excluding hydrogens is 360 g/mol. The third kappa shape index (κ3) is 4.44. The number of benzene rings is 1. The molecule has 3 N–H and O–H groups in total. The summed E-state index contributed by atoms with van der Waals surface area (Å²) in [6.07, 6.45) is 4.47. The summed E-state index contributed by atoms with van der Waals surface area (Å²) in [7, 11) is 0. The number of nitrogens with one attached hydrogen (secondary N) is 2. The van der Waals surface area contributed by atoms with Gasteiger partial charge in [-0.3, -0.25) is 19.4 Å². The highest BCUT2D eigenvalue weighted by atomic mass is 16.4. The van der Waals surface area contributed by atoms with Crippen LogP contribution in [-0.4, -0.2) is 44.9 Å². The first kappa shape index (κ1) is 19.7. The molecule has 28 heavy (non-hydrogen) atoms. The van der Waals surface area contributed by atoms with Crippen molar-refractivity contribution in [2.75, 3.05) is 0 Å². The van der Waals surface area contributed by atoms with Gasteiger partial charge in [0.15, 0.2) is 0 Å². The SMILES string of the molecule is CCC[C@H](NC(=O)c1cnc2ccccc2n1)C(=O)N[C@H]1CCC[C@H]1C(=O)O. The summed E-state index contributed by atoms with van der Waals surface area (Å²) in [6, 6.07) is 6.07. The van der Waals surface area contributed by atoms with Gasteiger partial charge in [-0.2, -0.15) is 0 Å². The Hall–Kier alpha value is -3.03. The molecule has 1 heterocycles. The molecule has 2 amide bonds. The molecule has 0 unspecified atom stereocenters. The van der Waals surface area contributed by atoms with Gasteiger partial charge in [-0.25, -0.2) is 4.98 Å². The Morgan fingerprint density at radius 3 is 2.68 bits per heavy atom. The number of aromatic nitrogens is 2. The fraction of sp³-hybridized carbons (Fsp3) is 0.450. The zero-order valence-corrected chi connectivity index (χ0v) is 15.7. The number of nitrogens with zero attached hydrogens (tertiary/aromatic N) is 2. The molecule has 1 aliphatic carbocycles. The van der Waals surface area contributed by atoms with Crippen LogP contribution >= 0.6 is 0 Å². The van der Waals surface area contributed by atoms with Gasteiger partial charge < -0.3 is 15.7 Å². The third-order valence-corrected chi connectivity index (χ3v) is 5.04. The summed E-state index contributed by atoms with van der Waals surface area (Å²) in [6.45, 7) is 1.91. The van der Waals surface area contributed by atoms with Crippen molar-refractivity contribution < 1.29 is 19.5 Å². The Balaban J connectivity index is 1.69. The molecule has 3 atom stereocenters. The number of rotatable bonds is 7. The summed E-state index contributed by atoms with van der Waals surface area (Å²) < 4.78 is 0. The van der Waals surface area contributed by atoms with Crippen molar-refractivity contribution >= 4 is 28.8 Å². The molecule has 8 nitrogen and oxygen atoms in total. The van der Waals surface area contributed by atoms with Crippen LogP contribution in [-0.2, 0) is 9.59 Å². The minimum absolute atomic E-state index is 0.136. The molecule has 2 aromatic rings. The van der Waals surface area contributed by atoms with E-state index in [0.717, 1.165) is 6.42 Å². The van der Waals surface area contributed by atoms with Gasteiger partial charge in [0, 0.05) is 6.04 Å². The highest BCUT2D eigenvalue weighted by molar-refractivity contribution is 5.97. The molecule has 0 bridgehead atoms. The summed E-state index contributed by atoms with van der Waals surface area (Å²) in [5, 5.41) is 14.8. The average Bonchev–Trinajstić information content (AvgIpc) is 3.15. The van der Waals surface area contributed by atoms with Crippen LogP contribution in [0.15, 0.2) is 30.5 Å². The second-order valence-electron chi connectivity index (χ2n) is 7.05. The van der Waals surface area contributed by atoms with E-state index in [1.807, 2.05) is 19.1 Å².